The van der Waals surface area contributed by atoms with Crippen LogP contribution in [0.15, 0.2) is 48.5 Å². The number of nitrogens with one attached hydrogen (secondary N) is 1. The van der Waals surface area contributed by atoms with Crippen molar-refractivity contribution in [2.75, 3.05) is 16.8 Å². The van der Waals surface area contributed by atoms with E-state index < -0.39 is 0 Å². The van der Waals surface area contributed by atoms with Crippen LogP contribution in [0, 0.1) is 6.92 Å². The Balaban J connectivity index is 1.69. The third-order valence-corrected chi connectivity index (χ3v) is 4.73. The monoisotopic (exact) mass is 370 g/mol. The third-order valence-electron chi connectivity index (χ3n) is 4.16. The third kappa shape index (κ3) is 3.28. The van der Waals surface area contributed by atoms with E-state index in [2.05, 4.69) is 38.4 Å². The van der Waals surface area contributed by atoms with Gasteiger partial charge < -0.3 is 10.2 Å². The highest BCUT2D eigenvalue weighted by Crippen LogP contribution is 2.34. The molecule has 0 atom stereocenters. The van der Waals surface area contributed by atoms with Crippen LogP contribution in [-0.4, -0.2) is 16.5 Å². The number of nitrogens with zero attached hydrogens (tertiary/aromatic N) is 3. The fourth-order valence-electron chi connectivity index (χ4n) is 3.01. The molecule has 0 amide bonds. The molecule has 2 aromatic carbocycles. The molecule has 4 nitrogen and oxygen atoms in total. The van der Waals surface area contributed by atoms with E-state index in [-0.39, 0.29) is 0 Å². The first kappa shape index (κ1) is 16.2. The van der Waals surface area contributed by atoms with Crippen LogP contribution in [-0.2, 0) is 6.42 Å². The lowest BCUT2D eigenvalue weighted by Gasteiger charge is -2.19. The summed E-state index contributed by atoms with van der Waals surface area (Å²) in [4.78, 5) is 11.4. The van der Waals surface area contributed by atoms with Gasteiger partial charge in [-0.25, -0.2) is 4.98 Å². The average Bonchev–Trinajstić information content (AvgIpc) is 3.02. The van der Waals surface area contributed by atoms with Crippen molar-refractivity contribution >= 4 is 46.3 Å². The number of hydrogen-bond donors (Lipinski definition) is 1. The van der Waals surface area contributed by atoms with E-state index in [0.29, 0.717) is 21.8 Å². The first-order chi connectivity index (χ1) is 12.1. The fraction of sp³-hybridized carbons (Fsp3) is 0.158. The Labute approximate surface area is 156 Å². The highest BCUT2D eigenvalue weighted by atomic mass is 35.5. The van der Waals surface area contributed by atoms with E-state index in [1.807, 2.05) is 19.1 Å². The second-order valence-electron chi connectivity index (χ2n) is 5.97. The van der Waals surface area contributed by atoms with E-state index in [9.17, 15) is 0 Å². The average molecular weight is 371 g/mol. The van der Waals surface area contributed by atoms with Gasteiger partial charge >= 0.3 is 0 Å². The molecule has 0 aliphatic carbocycles. The van der Waals surface area contributed by atoms with Crippen molar-refractivity contribution in [1.82, 2.24) is 9.97 Å². The number of anilines is 4. The molecule has 2 heterocycles. The first-order valence-corrected chi connectivity index (χ1v) is 8.79. The van der Waals surface area contributed by atoms with Crippen LogP contribution in [0.4, 0.5) is 23.1 Å². The number of rotatable bonds is 3. The summed E-state index contributed by atoms with van der Waals surface area (Å²) in [5.41, 5.74) is 4.09. The van der Waals surface area contributed by atoms with Gasteiger partial charge in [-0.15, -0.1) is 0 Å². The molecule has 0 fully saturated rings. The molecule has 1 aromatic heterocycles. The minimum Gasteiger partial charge on any atom is -0.339 e. The lowest BCUT2D eigenvalue weighted by molar-refractivity contribution is 0.931. The Morgan fingerprint density at radius 1 is 1.04 bits per heavy atom. The predicted octanol–water partition coefficient (Wildman–Crippen LogP) is 5.53. The number of halogens is 2. The second kappa shape index (κ2) is 6.54. The number of hydrogen-bond acceptors (Lipinski definition) is 4. The Kier molecular flexibility index (Phi) is 4.24. The van der Waals surface area contributed by atoms with E-state index in [1.165, 1.54) is 11.3 Å². The SMILES string of the molecule is Cc1cc(Nc2cc(Cl)ccc2Cl)nc(N2CCc3ccccc32)n1. The molecule has 6 heteroatoms. The molecule has 0 unspecified atom stereocenters. The minimum absolute atomic E-state index is 0.591. The molecular weight excluding hydrogens is 355 g/mol. The van der Waals surface area contributed by atoms with Crippen molar-refractivity contribution in [2.45, 2.75) is 13.3 Å². The summed E-state index contributed by atoms with van der Waals surface area (Å²) in [5.74, 6) is 1.38. The van der Waals surface area contributed by atoms with Gasteiger partial charge in [0, 0.05) is 29.0 Å². The van der Waals surface area contributed by atoms with Crippen molar-refractivity contribution < 1.29 is 0 Å². The summed E-state index contributed by atoms with van der Waals surface area (Å²) in [6.07, 6.45) is 0.996. The maximum Gasteiger partial charge on any atom is 0.232 e. The van der Waals surface area contributed by atoms with Gasteiger partial charge in [0.2, 0.25) is 5.95 Å². The van der Waals surface area contributed by atoms with Crippen molar-refractivity contribution in [3.8, 4) is 0 Å². The molecule has 0 spiro atoms. The summed E-state index contributed by atoms with van der Waals surface area (Å²) in [5, 5.41) is 4.46. The number of benzene rings is 2. The van der Waals surface area contributed by atoms with Crippen molar-refractivity contribution in [1.29, 1.82) is 0 Å². The van der Waals surface area contributed by atoms with Crippen LogP contribution in [0.25, 0.3) is 0 Å². The van der Waals surface area contributed by atoms with Gasteiger partial charge in [-0.1, -0.05) is 41.4 Å². The second-order valence-corrected chi connectivity index (χ2v) is 6.82. The summed E-state index contributed by atoms with van der Waals surface area (Å²) < 4.78 is 0. The summed E-state index contributed by atoms with van der Waals surface area (Å²) in [7, 11) is 0. The maximum atomic E-state index is 6.24. The topological polar surface area (TPSA) is 41.1 Å². The first-order valence-electron chi connectivity index (χ1n) is 8.03. The van der Waals surface area contributed by atoms with E-state index in [0.717, 1.165) is 24.3 Å². The molecule has 1 aliphatic rings. The van der Waals surface area contributed by atoms with Crippen LogP contribution in [0.1, 0.15) is 11.3 Å². The Morgan fingerprint density at radius 3 is 2.76 bits per heavy atom. The van der Waals surface area contributed by atoms with Crippen LogP contribution in [0.5, 0.6) is 0 Å². The molecule has 3 aromatic rings. The minimum atomic E-state index is 0.591. The standard InChI is InChI=1S/C19H16Cl2N4/c1-12-10-18(23-16-11-14(20)6-7-15(16)21)24-19(22-12)25-9-8-13-4-2-3-5-17(13)25/h2-7,10-11H,8-9H2,1H3,(H,22,23,24). The molecule has 1 aliphatic heterocycles. The molecular formula is C19H16Cl2N4. The lowest BCUT2D eigenvalue weighted by atomic mass is 10.2. The molecule has 25 heavy (non-hydrogen) atoms. The molecule has 0 bridgehead atoms. The number of aromatic nitrogens is 2. The van der Waals surface area contributed by atoms with Gasteiger partial charge in [-0.2, -0.15) is 4.98 Å². The quantitative estimate of drug-likeness (QED) is 0.657. The number of para-hydroxylation sites is 1. The highest BCUT2D eigenvalue weighted by Gasteiger charge is 2.22. The number of fused-ring (bicyclic) bond motifs is 1. The van der Waals surface area contributed by atoms with Crippen molar-refractivity contribution in [3.05, 3.63) is 69.8 Å². The van der Waals surface area contributed by atoms with Crippen molar-refractivity contribution in [2.24, 2.45) is 0 Å². The molecule has 1 N–H and O–H groups in total. The Bertz CT molecular complexity index is 942. The molecule has 0 saturated carbocycles. The Morgan fingerprint density at radius 2 is 1.88 bits per heavy atom. The number of aryl methyl sites for hydroxylation is 1. The van der Waals surface area contributed by atoms with Gasteiger partial charge in [-0.3, -0.25) is 0 Å². The fourth-order valence-corrected chi connectivity index (χ4v) is 3.35. The Hall–Kier alpha value is -2.30. The van der Waals surface area contributed by atoms with E-state index >= 15 is 0 Å². The largest absolute Gasteiger partial charge is 0.339 e. The van der Waals surface area contributed by atoms with Crippen molar-refractivity contribution in [3.63, 3.8) is 0 Å². The molecule has 0 radical (unpaired) electrons. The smallest absolute Gasteiger partial charge is 0.232 e. The molecule has 4 rings (SSSR count). The molecule has 0 saturated heterocycles. The van der Waals surface area contributed by atoms with Gasteiger partial charge in [0.15, 0.2) is 0 Å². The summed E-state index contributed by atoms with van der Waals surface area (Å²) in [6.45, 7) is 2.83. The van der Waals surface area contributed by atoms with Gasteiger partial charge in [0.25, 0.3) is 0 Å². The van der Waals surface area contributed by atoms with Gasteiger partial charge in [-0.05, 0) is 43.2 Å². The normalized spacial score (nSPS) is 13.0. The van der Waals surface area contributed by atoms with Gasteiger partial charge in [0.1, 0.15) is 5.82 Å². The lowest BCUT2D eigenvalue weighted by Crippen LogP contribution is -2.17. The van der Waals surface area contributed by atoms with Crippen LogP contribution >= 0.6 is 23.2 Å². The van der Waals surface area contributed by atoms with Crippen LogP contribution in [0.3, 0.4) is 0 Å². The predicted molar refractivity (Wildman–Crippen MR) is 104 cm³/mol. The van der Waals surface area contributed by atoms with Gasteiger partial charge in [0.05, 0.1) is 10.7 Å². The van der Waals surface area contributed by atoms with E-state index in [4.69, 9.17) is 23.2 Å². The summed E-state index contributed by atoms with van der Waals surface area (Å²) >= 11 is 12.3. The molecule has 126 valence electrons. The zero-order valence-electron chi connectivity index (χ0n) is 13.6. The van der Waals surface area contributed by atoms with E-state index in [1.54, 1.807) is 18.2 Å². The zero-order chi connectivity index (χ0) is 17.4. The maximum absolute atomic E-state index is 6.24. The van der Waals surface area contributed by atoms with Crippen LogP contribution < -0.4 is 10.2 Å². The van der Waals surface area contributed by atoms with Crippen LogP contribution in [0.2, 0.25) is 10.0 Å². The summed E-state index contributed by atoms with van der Waals surface area (Å²) in [6, 6.07) is 15.6. The highest BCUT2D eigenvalue weighted by molar-refractivity contribution is 6.35. The zero-order valence-corrected chi connectivity index (χ0v) is 15.1.